The predicted octanol–water partition coefficient (Wildman–Crippen LogP) is 2.74. The highest BCUT2D eigenvalue weighted by atomic mass is 79.9. The molecule has 1 aliphatic heterocycles. The molecule has 1 saturated heterocycles. The third-order valence-corrected chi connectivity index (χ3v) is 3.92. The van der Waals surface area contributed by atoms with Crippen LogP contribution in [0.25, 0.3) is 0 Å². The number of ether oxygens (including phenoxy) is 1. The number of methoxy groups -OCH3 is 1. The van der Waals surface area contributed by atoms with E-state index in [4.69, 9.17) is 16.3 Å². The molecular weight excluding hydrogens is 320 g/mol. The van der Waals surface area contributed by atoms with Gasteiger partial charge in [0, 0.05) is 23.8 Å². The highest BCUT2D eigenvalue weighted by molar-refractivity contribution is 9.10. The molecule has 0 saturated carbocycles. The molecule has 2 rings (SSSR count). The maximum atomic E-state index is 11.6. The molecule has 1 aliphatic rings. The lowest BCUT2D eigenvalue weighted by atomic mass is 9.99. The zero-order valence-corrected chi connectivity index (χ0v) is 12.5. The van der Waals surface area contributed by atoms with E-state index in [2.05, 4.69) is 20.9 Å². The Morgan fingerprint density at radius 1 is 1.61 bits per heavy atom. The molecule has 1 fully saturated rings. The number of rotatable bonds is 2. The van der Waals surface area contributed by atoms with E-state index in [0.717, 1.165) is 16.8 Å². The molecule has 1 aromatic heterocycles. The van der Waals surface area contributed by atoms with Crippen LogP contribution in [-0.2, 0) is 9.53 Å². The fourth-order valence-electron chi connectivity index (χ4n) is 2.24. The van der Waals surface area contributed by atoms with Crippen LogP contribution in [0.2, 0.25) is 5.02 Å². The summed E-state index contributed by atoms with van der Waals surface area (Å²) in [6.45, 7) is 3.39. The van der Waals surface area contributed by atoms with Crippen molar-refractivity contribution in [3.63, 3.8) is 0 Å². The lowest BCUT2D eigenvalue weighted by Gasteiger charge is -2.18. The monoisotopic (exact) mass is 332 g/mol. The van der Waals surface area contributed by atoms with Crippen molar-refractivity contribution < 1.29 is 9.53 Å². The zero-order valence-electron chi connectivity index (χ0n) is 10.2. The second-order valence-corrected chi connectivity index (χ2v) is 5.79. The highest BCUT2D eigenvalue weighted by Gasteiger charge is 2.36. The van der Waals surface area contributed by atoms with Gasteiger partial charge in [-0.3, -0.25) is 4.79 Å². The average molecular weight is 334 g/mol. The van der Waals surface area contributed by atoms with E-state index in [0.29, 0.717) is 11.6 Å². The summed E-state index contributed by atoms with van der Waals surface area (Å²) in [5, 5.41) is 0.585. The van der Waals surface area contributed by atoms with Gasteiger partial charge in [0.1, 0.15) is 5.82 Å². The number of nitrogens with zero attached hydrogens (tertiary/aromatic N) is 2. The summed E-state index contributed by atoms with van der Waals surface area (Å²) in [5.74, 6) is 0.673. The molecule has 0 amide bonds. The molecular formula is C12H14BrClN2O2. The SMILES string of the molecule is COC(=O)C1CN(c2ncc(Br)cc2Cl)CC1C. The van der Waals surface area contributed by atoms with Gasteiger partial charge in [-0.25, -0.2) is 4.98 Å². The molecule has 4 nitrogen and oxygen atoms in total. The van der Waals surface area contributed by atoms with Gasteiger partial charge in [0.25, 0.3) is 0 Å². The smallest absolute Gasteiger partial charge is 0.310 e. The van der Waals surface area contributed by atoms with Gasteiger partial charge in [-0.15, -0.1) is 0 Å². The van der Waals surface area contributed by atoms with Crippen molar-refractivity contribution in [2.24, 2.45) is 11.8 Å². The average Bonchev–Trinajstić information content (AvgIpc) is 2.70. The van der Waals surface area contributed by atoms with E-state index >= 15 is 0 Å². The number of anilines is 1. The Morgan fingerprint density at radius 2 is 2.33 bits per heavy atom. The Bertz CT molecular complexity index is 469. The van der Waals surface area contributed by atoms with Crippen molar-refractivity contribution in [2.45, 2.75) is 6.92 Å². The number of carbonyl (C=O) groups is 1. The number of hydrogen-bond acceptors (Lipinski definition) is 4. The van der Waals surface area contributed by atoms with Crippen LogP contribution in [0.3, 0.4) is 0 Å². The summed E-state index contributed by atoms with van der Waals surface area (Å²) in [6.07, 6.45) is 1.71. The molecule has 0 spiro atoms. The van der Waals surface area contributed by atoms with Crippen LogP contribution in [0.1, 0.15) is 6.92 Å². The maximum Gasteiger partial charge on any atom is 0.310 e. The van der Waals surface area contributed by atoms with Crippen LogP contribution in [0.5, 0.6) is 0 Å². The van der Waals surface area contributed by atoms with E-state index in [1.54, 1.807) is 12.3 Å². The first-order valence-electron chi connectivity index (χ1n) is 5.66. The van der Waals surface area contributed by atoms with Gasteiger partial charge in [0.05, 0.1) is 18.1 Å². The summed E-state index contributed by atoms with van der Waals surface area (Å²) in [6, 6.07) is 1.81. The fourth-order valence-corrected chi connectivity index (χ4v) is 2.99. The maximum absolute atomic E-state index is 11.6. The number of aromatic nitrogens is 1. The summed E-state index contributed by atoms with van der Waals surface area (Å²) >= 11 is 9.49. The van der Waals surface area contributed by atoms with Crippen molar-refractivity contribution in [3.05, 3.63) is 21.8 Å². The van der Waals surface area contributed by atoms with E-state index in [1.165, 1.54) is 7.11 Å². The third-order valence-electron chi connectivity index (χ3n) is 3.20. The molecule has 18 heavy (non-hydrogen) atoms. The van der Waals surface area contributed by atoms with Crippen LogP contribution < -0.4 is 4.90 Å². The van der Waals surface area contributed by atoms with Crippen molar-refractivity contribution in [2.75, 3.05) is 25.1 Å². The largest absolute Gasteiger partial charge is 0.469 e. The van der Waals surface area contributed by atoms with Crippen LogP contribution in [0.4, 0.5) is 5.82 Å². The van der Waals surface area contributed by atoms with E-state index in [9.17, 15) is 4.79 Å². The predicted molar refractivity (Wildman–Crippen MR) is 73.8 cm³/mol. The van der Waals surface area contributed by atoms with Crippen molar-refractivity contribution in [3.8, 4) is 0 Å². The number of halogens is 2. The molecule has 0 aromatic carbocycles. The fraction of sp³-hybridized carbons (Fsp3) is 0.500. The molecule has 0 N–H and O–H groups in total. The van der Waals surface area contributed by atoms with Gasteiger partial charge < -0.3 is 9.64 Å². The van der Waals surface area contributed by atoms with Crippen molar-refractivity contribution >= 4 is 39.3 Å². The molecule has 2 heterocycles. The minimum absolute atomic E-state index is 0.114. The summed E-state index contributed by atoms with van der Waals surface area (Å²) in [4.78, 5) is 18.0. The third kappa shape index (κ3) is 2.62. The Kier molecular flexibility index (Phi) is 4.12. The van der Waals surface area contributed by atoms with E-state index < -0.39 is 0 Å². The summed E-state index contributed by atoms with van der Waals surface area (Å²) in [7, 11) is 1.42. The number of carbonyl (C=O) groups excluding carboxylic acids is 1. The van der Waals surface area contributed by atoms with Gasteiger partial charge in [-0.05, 0) is 27.9 Å². The zero-order chi connectivity index (χ0) is 13.3. The molecule has 1 aromatic rings. The second-order valence-electron chi connectivity index (χ2n) is 4.47. The molecule has 6 heteroatoms. The van der Waals surface area contributed by atoms with Crippen molar-refractivity contribution in [1.82, 2.24) is 4.98 Å². The van der Waals surface area contributed by atoms with Gasteiger partial charge in [0.2, 0.25) is 0 Å². The summed E-state index contributed by atoms with van der Waals surface area (Å²) in [5.41, 5.74) is 0. The lowest BCUT2D eigenvalue weighted by Crippen LogP contribution is -2.25. The molecule has 0 radical (unpaired) electrons. The summed E-state index contributed by atoms with van der Waals surface area (Å²) < 4.78 is 5.65. The normalized spacial score (nSPS) is 23.2. The molecule has 2 unspecified atom stereocenters. The Balaban J connectivity index is 2.19. The van der Waals surface area contributed by atoms with Gasteiger partial charge >= 0.3 is 5.97 Å². The molecule has 0 bridgehead atoms. The van der Waals surface area contributed by atoms with Gasteiger partial charge in [-0.1, -0.05) is 18.5 Å². The second kappa shape index (κ2) is 5.45. The number of pyridine rings is 1. The topological polar surface area (TPSA) is 42.4 Å². The first kappa shape index (κ1) is 13.6. The molecule has 0 aliphatic carbocycles. The Morgan fingerprint density at radius 3 is 2.94 bits per heavy atom. The molecule has 98 valence electrons. The van der Waals surface area contributed by atoms with Crippen LogP contribution in [0, 0.1) is 11.8 Å². The van der Waals surface area contributed by atoms with E-state index in [1.807, 2.05) is 11.8 Å². The van der Waals surface area contributed by atoms with Crippen LogP contribution in [0.15, 0.2) is 16.7 Å². The van der Waals surface area contributed by atoms with Crippen LogP contribution >= 0.6 is 27.5 Å². The Labute approximate surface area is 119 Å². The number of hydrogen-bond donors (Lipinski definition) is 0. The standard InChI is InChI=1S/C12H14BrClN2O2/c1-7-5-16(6-9(7)12(17)18-2)11-10(14)3-8(13)4-15-11/h3-4,7,9H,5-6H2,1-2H3. The highest BCUT2D eigenvalue weighted by Crippen LogP contribution is 2.32. The quantitative estimate of drug-likeness (QED) is 0.781. The molecule has 2 atom stereocenters. The first-order chi connectivity index (χ1) is 8.52. The Hall–Kier alpha value is -0.810. The minimum Gasteiger partial charge on any atom is -0.469 e. The first-order valence-corrected chi connectivity index (χ1v) is 6.84. The van der Waals surface area contributed by atoms with Gasteiger partial charge in [-0.2, -0.15) is 0 Å². The van der Waals surface area contributed by atoms with Crippen molar-refractivity contribution in [1.29, 1.82) is 0 Å². The van der Waals surface area contributed by atoms with Crippen LogP contribution in [-0.4, -0.2) is 31.2 Å². The van der Waals surface area contributed by atoms with E-state index in [-0.39, 0.29) is 17.8 Å². The minimum atomic E-state index is -0.168. The van der Waals surface area contributed by atoms with Gasteiger partial charge in [0.15, 0.2) is 0 Å². The number of esters is 1. The lowest BCUT2D eigenvalue weighted by molar-refractivity contribution is -0.145.